The van der Waals surface area contributed by atoms with Gasteiger partial charge in [0, 0.05) is 12.2 Å². The highest BCUT2D eigenvalue weighted by Crippen LogP contribution is 2.20. The van der Waals surface area contributed by atoms with E-state index in [0.717, 1.165) is 17.8 Å². The lowest BCUT2D eigenvalue weighted by Gasteiger charge is -2.11. The molecule has 0 bridgehead atoms. The summed E-state index contributed by atoms with van der Waals surface area (Å²) >= 11 is 0. The van der Waals surface area contributed by atoms with E-state index in [1.807, 2.05) is 26.8 Å². The molecule has 0 spiro atoms. The second-order valence-electron chi connectivity index (χ2n) is 3.83. The van der Waals surface area contributed by atoms with Crippen molar-refractivity contribution >= 4 is 5.91 Å². The first kappa shape index (κ1) is 13.4. The zero-order valence-electron chi connectivity index (χ0n) is 10.5. The van der Waals surface area contributed by atoms with Crippen LogP contribution in [0.3, 0.4) is 0 Å². The summed E-state index contributed by atoms with van der Waals surface area (Å²) in [7, 11) is 0. The number of nitrogens with one attached hydrogen (secondary N) is 1. The number of primary amides is 1. The summed E-state index contributed by atoms with van der Waals surface area (Å²) < 4.78 is 5.49. The van der Waals surface area contributed by atoms with Crippen molar-refractivity contribution in [3.8, 4) is 5.88 Å². The smallest absolute Gasteiger partial charge is 0.254 e. The van der Waals surface area contributed by atoms with Gasteiger partial charge in [-0.15, -0.1) is 0 Å². The number of pyridine rings is 1. The molecule has 1 heterocycles. The van der Waals surface area contributed by atoms with E-state index in [1.165, 1.54) is 0 Å². The fourth-order valence-electron chi connectivity index (χ4n) is 1.60. The number of hydrogen-bond donors (Lipinski definition) is 2. The van der Waals surface area contributed by atoms with Gasteiger partial charge in [-0.25, -0.2) is 4.98 Å². The molecule has 0 aliphatic heterocycles. The van der Waals surface area contributed by atoms with Crippen molar-refractivity contribution in [3.63, 3.8) is 0 Å². The van der Waals surface area contributed by atoms with Crippen LogP contribution in [0.2, 0.25) is 0 Å². The molecule has 1 rings (SSSR count). The second kappa shape index (κ2) is 6.20. The van der Waals surface area contributed by atoms with Gasteiger partial charge in [0.25, 0.3) is 5.91 Å². The van der Waals surface area contributed by atoms with E-state index >= 15 is 0 Å². The Kier molecular flexibility index (Phi) is 4.90. The van der Waals surface area contributed by atoms with E-state index in [2.05, 4.69) is 10.3 Å². The number of carbonyl (C=O) groups is 1. The van der Waals surface area contributed by atoms with Gasteiger partial charge in [-0.2, -0.15) is 0 Å². The predicted molar refractivity (Wildman–Crippen MR) is 66.3 cm³/mol. The number of aryl methyl sites for hydroxylation is 2. The Hall–Kier alpha value is -1.62. The Balaban J connectivity index is 2.85. The highest BCUT2D eigenvalue weighted by molar-refractivity contribution is 5.96. The van der Waals surface area contributed by atoms with Crippen molar-refractivity contribution in [2.24, 2.45) is 5.73 Å². The normalized spacial score (nSPS) is 10.3. The minimum Gasteiger partial charge on any atom is -0.476 e. The summed E-state index contributed by atoms with van der Waals surface area (Å²) in [6.45, 7) is 7.75. The van der Waals surface area contributed by atoms with Crippen molar-refractivity contribution in [1.29, 1.82) is 0 Å². The van der Waals surface area contributed by atoms with E-state index in [4.69, 9.17) is 10.5 Å². The molecule has 94 valence electrons. The van der Waals surface area contributed by atoms with E-state index < -0.39 is 5.91 Å². The van der Waals surface area contributed by atoms with Crippen LogP contribution in [0.25, 0.3) is 0 Å². The summed E-state index contributed by atoms with van der Waals surface area (Å²) in [5, 5.41) is 3.13. The van der Waals surface area contributed by atoms with Crippen LogP contribution in [0.15, 0.2) is 6.07 Å². The maximum atomic E-state index is 11.3. The maximum Gasteiger partial charge on any atom is 0.254 e. The lowest BCUT2D eigenvalue weighted by molar-refractivity contribution is 0.0995. The first-order valence-corrected chi connectivity index (χ1v) is 5.67. The van der Waals surface area contributed by atoms with Crippen LogP contribution < -0.4 is 15.8 Å². The summed E-state index contributed by atoms with van der Waals surface area (Å²) in [5.41, 5.74) is 7.29. The van der Waals surface area contributed by atoms with Crippen LogP contribution in [0, 0.1) is 13.8 Å². The first-order chi connectivity index (χ1) is 8.06. The first-order valence-electron chi connectivity index (χ1n) is 5.67. The van der Waals surface area contributed by atoms with E-state index in [0.29, 0.717) is 24.6 Å². The van der Waals surface area contributed by atoms with Crippen molar-refractivity contribution in [3.05, 3.63) is 22.9 Å². The highest BCUT2D eigenvalue weighted by Gasteiger charge is 2.15. The van der Waals surface area contributed by atoms with Crippen LogP contribution in [-0.4, -0.2) is 30.6 Å². The lowest BCUT2D eigenvalue weighted by atomic mass is 10.1. The fraction of sp³-hybridized carbons (Fsp3) is 0.500. The third-order valence-electron chi connectivity index (χ3n) is 2.33. The summed E-state index contributed by atoms with van der Waals surface area (Å²) in [6, 6.07) is 1.82. The molecule has 0 unspecified atom stereocenters. The number of likely N-dealkylation sites (N-methyl/N-ethyl adjacent to an activating group) is 1. The maximum absolute atomic E-state index is 11.3. The largest absolute Gasteiger partial charge is 0.476 e. The van der Waals surface area contributed by atoms with Crippen molar-refractivity contribution in [1.82, 2.24) is 10.3 Å². The summed E-state index contributed by atoms with van der Waals surface area (Å²) in [6.07, 6.45) is 0. The average Bonchev–Trinajstić information content (AvgIpc) is 2.22. The van der Waals surface area contributed by atoms with Crippen LogP contribution in [0.1, 0.15) is 28.5 Å². The van der Waals surface area contributed by atoms with Crippen LogP contribution in [-0.2, 0) is 0 Å². The number of rotatable bonds is 6. The topological polar surface area (TPSA) is 77.2 Å². The molecule has 1 amide bonds. The van der Waals surface area contributed by atoms with Gasteiger partial charge in [-0.3, -0.25) is 4.79 Å². The molecule has 0 atom stereocenters. The molecule has 0 saturated carbocycles. The van der Waals surface area contributed by atoms with Gasteiger partial charge in [0.05, 0.1) is 0 Å². The lowest BCUT2D eigenvalue weighted by Crippen LogP contribution is -2.22. The minimum absolute atomic E-state index is 0.327. The summed E-state index contributed by atoms with van der Waals surface area (Å²) in [4.78, 5) is 15.5. The number of hydrogen-bond acceptors (Lipinski definition) is 4. The molecular formula is C12H19N3O2. The van der Waals surface area contributed by atoms with Gasteiger partial charge in [0.1, 0.15) is 12.2 Å². The molecule has 1 aromatic heterocycles. The van der Waals surface area contributed by atoms with Crippen molar-refractivity contribution in [2.75, 3.05) is 19.7 Å². The highest BCUT2D eigenvalue weighted by atomic mass is 16.5. The molecule has 0 aliphatic carbocycles. The van der Waals surface area contributed by atoms with Gasteiger partial charge in [0.15, 0.2) is 0 Å². The quantitative estimate of drug-likeness (QED) is 0.717. The third kappa shape index (κ3) is 3.71. The Morgan fingerprint density at radius 2 is 2.24 bits per heavy atom. The van der Waals surface area contributed by atoms with E-state index in [9.17, 15) is 4.79 Å². The van der Waals surface area contributed by atoms with E-state index in [1.54, 1.807) is 0 Å². The molecule has 5 heteroatoms. The number of nitrogens with zero attached hydrogens (tertiary/aromatic N) is 1. The zero-order chi connectivity index (χ0) is 12.8. The van der Waals surface area contributed by atoms with Gasteiger partial charge >= 0.3 is 0 Å². The molecule has 0 radical (unpaired) electrons. The number of aromatic nitrogens is 1. The molecule has 17 heavy (non-hydrogen) atoms. The van der Waals surface area contributed by atoms with Crippen LogP contribution in [0.4, 0.5) is 0 Å². The van der Waals surface area contributed by atoms with Gasteiger partial charge in [-0.1, -0.05) is 6.92 Å². The molecule has 5 nitrogen and oxygen atoms in total. The van der Waals surface area contributed by atoms with Gasteiger partial charge in [-0.05, 0) is 32.0 Å². The Bertz CT molecular complexity index is 405. The Labute approximate surface area is 101 Å². The van der Waals surface area contributed by atoms with Crippen LogP contribution in [0.5, 0.6) is 5.88 Å². The second-order valence-corrected chi connectivity index (χ2v) is 3.83. The number of ether oxygens (including phenoxy) is 1. The van der Waals surface area contributed by atoms with Crippen molar-refractivity contribution < 1.29 is 9.53 Å². The van der Waals surface area contributed by atoms with Gasteiger partial charge in [0.2, 0.25) is 5.88 Å². The minimum atomic E-state index is -0.506. The Morgan fingerprint density at radius 3 is 2.82 bits per heavy atom. The van der Waals surface area contributed by atoms with E-state index in [-0.39, 0.29) is 0 Å². The molecule has 0 aromatic carbocycles. The predicted octanol–water partition coefficient (Wildman–Crippen LogP) is 0.786. The third-order valence-corrected chi connectivity index (χ3v) is 2.33. The number of amides is 1. The molecule has 3 N–H and O–H groups in total. The van der Waals surface area contributed by atoms with Crippen LogP contribution >= 0.6 is 0 Å². The van der Waals surface area contributed by atoms with Gasteiger partial charge < -0.3 is 15.8 Å². The Morgan fingerprint density at radius 1 is 1.53 bits per heavy atom. The fourth-order valence-corrected chi connectivity index (χ4v) is 1.60. The van der Waals surface area contributed by atoms with Crippen molar-refractivity contribution in [2.45, 2.75) is 20.8 Å². The molecule has 0 saturated heterocycles. The number of carbonyl (C=O) groups excluding carboxylic acids is 1. The molecular weight excluding hydrogens is 218 g/mol. The average molecular weight is 237 g/mol. The standard InChI is InChI=1S/C12H19N3O2/c1-4-14-5-6-17-12-10(11(13)16)8(2)7-9(3)15-12/h7,14H,4-6H2,1-3H3,(H2,13,16). The summed E-state index contributed by atoms with van der Waals surface area (Å²) in [5.74, 6) is -0.179. The molecule has 0 aliphatic rings. The molecule has 1 aromatic rings. The number of nitrogens with two attached hydrogens (primary N) is 1. The SMILES string of the molecule is CCNCCOc1nc(C)cc(C)c1C(N)=O. The zero-order valence-corrected chi connectivity index (χ0v) is 10.5. The monoisotopic (exact) mass is 237 g/mol. The molecule has 0 fully saturated rings.